The van der Waals surface area contributed by atoms with E-state index in [0.29, 0.717) is 11.7 Å². The number of aromatic nitrogens is 1. The van der Waals surface area contributed by atoms with Gasteiger partial charge < -0.3 is 16.0 Å². The standard InChI is InChI=1S/C13H24N4/c1-11(2)17(3)9-5-4-7-16-13-6-8-15-10-12(13)14/h6,8,10-11H,4-5,7,9,14H2,1-3H3,(H,15,16). The minimum Gasteiger partial charge on any atom is -0.396 e. The first-order valence-electron chi connectivity index (χ1n) is 6.25. The number of nitrogens with zero attached hydrogens (tertiary/aromatic N) is 2. The van der Waals surface area contributed by atoms with Gasteiger partial charge in [0, 0.05) is 18.8 Å². The van der Waals surface area contributed by atoms with Crippen molar-refractivity contribution in [3.05, 3.63) is 18.5 Å². The number of nitrogens with one attached hydrogen (secondary N) is 1. The highest BCUT2D eigenvalue weighted by Crippen LogP contribution is 2.14. The summed E-state index contributed by atoms with van der Waals surface area (Å²) in [6.45, 7) is 6.54. The number of unbranched alkanes of at least 4 members (excludes halogenated alkanes) is 1. The van der Waals surface area contributed by atoms with E-state index in [2.05, 4.69) is 36.1 Å². The molecule has 1 rings (SSSR count). The van der Waals surface area contributed by atoms with Crippen molar-refractivity contribution in [2.24, 2.45) is 0 Å². The second-order valence-corrected chi connectivity index (χ2v) is 4.67. The van der Waals surface area contributed by atoms with Gasteiger partial charge in [0.25, 0.3) is 0 Å². The first-order valence-corrected chi connectivity index (χ1v) is 6.25. The van der Waals surface area contributed by atoms with Gasteiger partial charge in [-0.25, -0.2) is 0 Å². The summed E-state index contributed by atoms with van der Waals surface area (Å²) in [7, 11) is 2.17. The van der Waals surface area contributed by atoms with E-state index >= 15 is 0 Å². The van der Waals surface area contributed by atoms with Gasteiger partial charge in [0.15, 0.2) is 0 Å². The molecular weight excluding hydrogens is 212 g/mol. The van der Waals surface area contributed by atoms with Crippen LogP contribution in [0.3, 0.4) is 0 Å². The molecule has 17 heavy (non-hydrogen) atoms. The van der Waals surface area contributed by atoms with Gasteiger partial charge in [-0.1, -0.05) is 0 Å². The van der Waals surface area contributed by atoms with Crippen LogP contribution < -0.4 is 11.1 Å². The highest BCUT2D eigenvalue weighted by molar-refractivity contribution is 5.63. The van der Waals surface area contributed by atoms with Gasteiger partial charge in [-0.3, -0.25) is 4.98 Å². The summed E-state index contributed by atoms with van der Waals surface area (Å²) in [6, 6.07) is 2.54. The first kappa shape index (κ1) is 13.8. The number of nitrogens with two attached hydrogens (primary N) is 1. The minimum absolute atomic E-state index is 0.624. The van der Waals surface area contributed by atoms with Crippen LogP contribution >= 0.6 is 0 Å². The maximum atomic E-state index is 5.79. The van der Waals surface area contributed by atoms with E-state index in [-0.39, 0.29) is 0 Å². The van der Waals surface area contributed by atoms with E-state index in [1.165, 1.54) is 6.42 Å². The fraction of sp³-hybridized carbons (Fsp3) is 0.615. The predicted octanol–water partition coefficient (Wildman–Crippen LogP) is 2.20. The Bertz CT molecular complexity index is 325. The topological polar surface area (TPSA) is 54.2 Å². The fourth-order valence-corrected chi connectivity index (χ4v) is 1.54. The summed E-state index contributed by atoms with van der Waals surface area (Å²) < 4.78 is 0. The van der Waals surface area contributed by atoms with Gasteiger partial charge in [-0.15, -0.1) is 0 Å². The Labute approximate surface area is 104 Å². The molecule has 0 radical (unpaired) electrons. The molecule has 96 valence electrons. The van der Waals surface area contributed by atoms with Gasteiger partial charge in [0.2, 0.25) is 0 Å². The van der Waals surface area contributed by atoms with Crippen molar-refractivity contribution in [3.8, 4) is 0 Å². The maximum Gasteiger partial charge on any atom is 0.0736 e. The van der Waals surface area contributed by atoms with E-state index in [1.807, 2.05) is 6.07 Å². The zero-order chi connectivity index (χ0) is 12.7. The summed E-state index contributed by atoms with van der Waals surface area (Å²) in [5.74, 6) is 0. The minimum atomic E-state index is 0.624. The Morgan fingerprint density at radius 3 is 2.82 bits per heavy atom. The molecule has 4 nitrogen and oxygen atoms in total. The molecule has 0 aliphatic rings. The van der Waals surface area contributed by atoms with Crippen molar-refractivity contribution >= 4 is 11.4 Å². The summed E-state index contributed by atoms with van der Waals surface area (Å²) in [6.07, 6.45) is 5.78. The maximum absolute atomic E-state index is 5.79. The van der Waals surface area contributed by atoms with Crippen LogP contribution in [0.5, 0.6) is 0 Å². The normalized spacial score (nSPS) is 11.1. The van der Waals surface area contributed by atoms with Gasteiger partial charge >= 0.3 is 0 Å². The Balaban J connectivity index is 2.15. The largest absolute Gasteiger partial charge is 0.396 e. The summed E-state index contributed by atoms with van der Waals surface area (Å²) in [4.78, 5) is 6.32. The van der Waals surface area contributed by atoms with Crippen LogP contribution in [0.25, 0.3) is 0 Å². The molecule has 0 aliphatic carbocycles. The van der Waals surface area contributed by atoms with Crippen LogP contribution in [-0.2, 0) is 0 Å². The monoisotopic (exact) mass is 236 g/mol. The SMILES string of the molecule is CC(C)N(C)CCCCNc1ccncc1N. The molecule has 0 spiro atoms. The van der Waals surface area contributed by atoms with Crippen molar-refractivity contribution in [1.29, 1.82) is 0 Å². The van der Waals surface area contributed by atoms with Gasteiger partial charge in [-0.2, -0.15) is 0 Å². The van der Waals surface area contributed by atoms with Gasteiger partial charge in [-0.05, 0) is 46.3 Å². The smallest absolute Gasteiger partial charge is 0.0736 e. The molecule has 0 saturated carbocycles. The van der Waals surface area contributed by atoms with Gasteiger partial charge in [0.05, 0.1) is 17.6 Å². The molecule has 0 bridgehead atoms. The third-order valence-corrected chi connectivity index (χ3v) is 2.99. The van der Waals surface area contributed by atoms with Crippen LogP contribution in [0, 0.1) is 0 Å². The third kappa shape index (κ3) is 5.04. The summed E-state index contributed by atoms with van der Waals surface area (Å²) in [5, 5.41) is 3.33. The zero-order valence-electron chi connectivity index (χ0n) is 11.1. The average Bonchev–Trinajstić information content (AvgIpc) is 2.30. The van der Waals surface area contributed by atoms with Crippen molar-refractivity contribution < 1.29 is 0 Å². The quantitative estimate of drug-likeness (QED) is 0.713. The number of hydrogen-bond donors (Lipinski definition) is 2. The molecule has 0 saturated heterocycles. The van der Waals surface area contributed by atoms with Crippen LogP contribution in [-0.4, -0.2) is 36.1 Å². The molecule has 0 aromatic carbocycles. The summed E-state index contributed by atoms with van der Waals surface area (Å²) in [5.41, 5.74) is 7.49. The summed E-state index contributed by atoms with van der Waals surface area (Å²) >= 11 is 0. The number of pyridine rings is 1. The van der Waals surface area contributed by atoms with E-state index in [0.717, 1.165) is 25.2 Å². The lowest BCUT2D eigenvalue weighted by Gasteiger charge is -2.20. The number of hydrogen-bond acceptors (Lipinski definition) is 4. The highest BCUT2D eigenvalue weighted by atomic mass is 15.1. The second-order valence-electron chi connectivity index (χ2n) is 4.67. The molecule has 4 heteroatoms. The molecule has 1 heterocycles. The van der Waals surface area contributed by atoms with Crippen LogP contribution in [0.1, 0.15) is 26.7 Å². The Kier molecular flexibility index (Phi) is 5.77. The number of rotatable bonds is 7. The molecule has 1 aromatic rings. The molecule has 1 aromatic heterocycles. The predicted molar refractivity (Wildman–Crippen MR) is 74.1 cm³/mol. The first-order chi connectivity index (χ1) is 8.11. The Hall–Kier alpha value is -1.29. The second kappa shape index (κ2) is 7.12. The Morgan fingerprint density at radius 2 is 2.18 bits per heavy atom. The lowest BCUT2D eigenvalue weighted by Crippen LogP contribution is -2.27. The molecule has 3 N–H and O–H groups in total. The number of anilines is 2. The van der Waals surface area contributed by atoms with E-state index in [1.54, 1.807) is 12.4 Å². The molecule has 0 atom stereocenters. The van der Waals surface area contributed by atoms with E-state index in [9.17, 15) is 0 Å². The Morgan fingerprint density at radius 1 is 1.41 bits per heavy atom. The van der Waals surface area contributed by atoms with Gasteiger partial charge in [0.1, 0.15) is 0 Å². The van der Waals surface area contributed by atoms with Crippen molar-refractivity contribution in [3.63, 3.8) is 0 Å². The fourth-order valence-electron chi connectivity index (χ4n) is 1.54. The molecular formula is C13H24N4. The van der Waals surface area contributed by atoms with Crippen LogP contribution in [0.15, 0.2) is 18.5 Å². The zero-order valence-corrected chi connectivity index (χ0v) is 11.1. The lowest BCUT2D eigenvalue weighted by molar-refractivity contribution is 0.269. The van der Waals surface area contributed by atoms with Crippen molar-refractivity contribution in [1.82, 2.24) is 9.88 Å². The van der Waals surface area contributed by atoms with Crippen LogP contribution in [0.4, 0.5) is 11.4 Å². The van der Waals surface area contributed by atoms with E-state index in [4.69, 9.17) is 5.73 Å². The highest BCUT2D eigenvalue weighted by Gasteiger charge is 2.02. The molecule has 0 aliphatic heterocycles. The number of nitrogen functional groups attached to an aromatic ring is 1. The van der Waals surface area contributed by atoms with E-state index < -0.39 is 0 Å². The molecule has 0 unspecified atom stereocenters. The van der Waals surface area contributed by atoms with Crippen LogP contribution in [0.2, 0.25) is 0 Å². The van der Waals surface area contributed by atoms with Crippen molar-refractivity contribution in [2.45, 2.75) is 32.7 Å². The average molecular weight is 236 g/mol. The third-order valence-electron chi connectivity index (χ3n) is 2.99. The van der Waals surface area contributed by atoms with Crippen molar-refractivity contribution in [2.75, 3.05) is 31.2 Å². The molecule has 0 fully saturated rings. The molecule has 0 amide bonds. The lowest BCUT2D eigenvalue weighted by atomic mass is 10.2.